The molecule has 1 aromatic heterocycles. The third-order valence-electron chi connectivity index (χ3n) is 6.02. The first kappa shape index (κ1) is 23.1. The van der Waals surface area contributed by atoms with Gasteiger partial charge in [0.05, 0.1) is 0 Å². The second-order valence-electron chi connectivity index (χ2n) is 9.95. The number of aromatic nitrogens is 1. The zero-order chi connectivity index (χ0) is 23.6. The van der Waals surface area contributed by atoms with Crippen LogP contribution in [0.4, 0.5) is 4.79 Å². The summed E-state index contributed by atoms with van der Waals surface area (Å²) in [5, 5.41) is 15.7. The minimum atomic E-state index is -0.495. The number of aromatic hydroxyl groups is 1. The molecule has 6 heteroatoms. The predicted octanol–water partition coefficient (Wildman–Crippen LogP) is 5.40. The number of carbonyl (C=O) groups is 1. The average Bonchev–Trinajstić information content (AvgIpc) is 2.74. The van der Waals surface area contributed by atoms with Crippen LogP contribution < -0.4 is 5.32 Å². The van der Waals surface area contributed by atoms with Gasteiger partial charge >= 0.3 is 6.09 Å². The summed E-state index contributed by atoms with van der Waals surface area (Å²) >= 11 is 0. The smallest absolute Gasteiger partial charge is 0.407 e. The highest BCUT2D eigenvalue weighted by atomic mass is 16.6. The number of fused-ring (bicyclic) bond motifs is 1. The summed E-state index contributed by atoms with van der Waals surface area (Å²) in [7, 11) is 0. The first-order valence-corrected chi connectivity index (χ1v) is 11.6. The van der Waals surface area contributed by atoms with Crippen molar-refractivity contribution in [3.8, 4) is 16.9 Å². The summed E-state index contributed by atoms with van der Waals surface area (Å²) in [5.41, 5.74) is 3.81. The van der Waals surface area contributed by atoms with E-state index in [1.165, 1.54) is 5.56 Å². The van der Waals surface area contributed by atoms with E-state index in [-0.39, 0.29) is 12.1 Å². The standard InChI is InChI=1S/C27H33N3O3/c1-18-5-7-19(8-6-18)24-16-28-15-20-14-25(31)21(13-23(20)24)17-30-11-9-22(10-12-30)29-26(32)33-27(2,3)4/h5-8,13-16,22,31H,9-12,17H2,1-4H3,(H,29,32). The molecule has 2 aromatic carbocycles. The maximum atomic E-state index is 12.1. The monoisotopic (exact) mass is 447 g/mol. The Balaban J connectivity index is 1.46. The quantitative estimate of drug-likeness (QED) is 0.560. The van der Waals surface area contributed by atoms with Gasteiger partial charge in [-0.25, -0.2) is 4.79 Å². The van der Waals surface area contributed by atoms with Crippen LogP contribution in [0.1, 0.15) is 44.7 Å². The lowest BCUT2D eigenvalue weighted by Gasteiger charge is -2.33. The molecule has 4 rings (SSSR count). The number of benzene rings is 2. The number of carbonyl (C=O) groups excluding carboxylic acids is 1. The van der Waals surface area contributed by atoms with Crippen molar-refractivity contribution in [3.05, 3.63) is 59.9 Å². The van der Waals surface area contributed by atoms with Gasteiger partial charge in [-0.05, 0) is 63.6 Å². The first-order chi connectivity index (χ1) is 15.7. The highest BCUT2D eigenvalue weighted by Gasteiger charge is 2.24. The molecule has 33 heavy (non-hydrogen) atoms. The lowest BCUT2D eigenvalue weighted by Crippen LogP contribution is -2.45. The molecule has 0 unspecified atom stereocenters. The average molecular weight is 448 g/mol. The number of hydrogen-bond donors (Lipinski definition) is 2. The van der Waals surface area contributed by atoms with Gasteiger partial charge in [-0.2, -0.15) is 0 Å². The Morgan fingerprint density at radius 2 is 1.85 bits per heavy atom. The SMILES string of the molecule is Cc1ccc(-c2cncc3cc(O)c(CN4CCC(NC(=O)OC(C)(C)C)CC4)cc23)cc1. The molecule has 0 bridgehead atoms. The number of ether oxygens (including phenoxy) is 1. The summed E-state index contributed by atoms with van der Waals surface area (Å²) < 4.78 is 5.37. The molecule has 1 saturated heterocycles. The van der Waals surface area contributed by atoms with E-state index in [1.54, 1.807) is 6.20 Å². The Bertz CT molecular complexity index is 1130. The molecule has 3 aromatic rings. The molecule has 2 heterocycles. The van der Waals surface area contributed by atoms with Gasteiger partial charge in [-0.15, -0.1) is 0 Å². The molecule has 2 N–H and O–H groups in total. The minimum absolute atomic E-state index is 0.112. The molecule has 0 atom stereocenters. The van der Waals surface area contributed by atoms with Crippen molar-refractivity contribution in [2.75, 3.05) is 13.1 Å². The normalized spacial score (nSPS) is 15.5. The van der Waals surface area contributed by atoms with E-state index in [0.29, 0.717) is 12.3 Å². The second-order valence-corrected chi connectivity index (χ2v) is 9.95. The van der Waals surface area contributed by atoms with Crippen molar-refractivity contribution in [3.63, 3.8) is 0 Å². The van der Waals surface area contributed by atoms with Crippen LogP contribution >= 0.6 is 0 Å². The number of nitrogens with one attached hydrogen (secondary N) is 1. The van der Waals surface area contributed by atoms with Crippen LogP contribution in [0.5, 0.6) is 5.75 Å². The van der Waals surface area contributed by atoms with Crippen LogP contribution in [0.15, 0.2) is 48.8 Å². The highest BCUT2D eigenvalue weighted by Crippen LogP contribution is 2.33. The van der Waals surface area contributed by atoms with Crippen molar-refractivity contribution in [2.45, 2.75) is 58.7 Å². The summed E-state index contributed by atoms with van der Waals surface area (Å²) in [6, 6.07) is 12.4. The number of hydrogen-bond acceptors (Lipinski definition) is 5. The summed E-state index contributed by atoms with van der Waals surface area (Å²) in [5.74, 6) is 0.291. The maximum absolute atomic E-state index is 12.1. The van der Waals surface area contributed by atoms with E-state index in [9.17, 15) is 9.90 Å². The molecule has 174 valence electrons. The van der Waals surface area contributed by atoms with Crippen LogP contribution in [-0.2, 0) is 11.3 Å². The van der Waals surface area contributed by atoms with Crippen LogP contribution in [0, 0.1) is 6.92 Å². The number of alkyl carbamates (subject to hydrolysis) is 1. The lowest BCUT2D eigenvalue weighted by atomic mass is 9.97. The molecule has 0 radical (unpaired) electrons. The molecular formula is C27H33N3O3. The van der Waals surface area contributed by atoms with Gasteiger partial charge in [0.1, 0.15) is 11.4 Å². The molecule has 1 fully saturated rings. The number of amides is 1. The van der Waals surface area contributed by atoms with E-state index in [2.05, 4.69) is 52.5 Å². The number of likely N-dealkylation sites (tertiary alicyclic amines) is 1. The second kappa shape index (κ2) is 9.40. The van der Waals surface area contributed by atoms with Crippen LogP contribution in [0.25, 0.3) is 21.9 Å². The van der Waals surface area contributed by atoms with Crippen LogP contribution in [0.3, 0.4) is 0 Å². The Labute approximate surface area is 195 Å². The number of rotatable bonds is 4. The number of phenolic OH excluding ortho intramolecular Hbond substituents is 1. The molecule has 0 saturated carbocycles. The Kier molecular flexibility index (Phi) is 6.56. The maximum Gasteiger partial charge on any atom is 0.407 e. The Hall–Kier alpha value is -3.12. The highest BCUT2D eigenvalue weighted by molar-refractivity contribution is 5.97. The van der Waals surface area contributed by atoms with E-state index in [0.717, 1.165) is 53.4 Å². The van der Waals surface area contributed by atoms with Crippen LogP contribution in [-0.4, -0.2) is 45.8 Å². The molecule has 1 aliphatic rings. The van der Waals surface area contributed by atoms with Crippen molar-refractivity contribution in [2.24, 2.45) is 0 Å². The molecule has 1 amide bonds. The predicted molar refractivity (Wildman–Crippen MR) is 131 cm³/mol. The molecule has 6 nitrogen and oxygen atoms in total. The van der Waals surface area contributed by atoms with Gasteiger partial charge in [0.15, 0.2) is 0 Å². The van der Waals surface area contributed by atoms with Crippen molar-refractivity contribution in [1.29, 1.82) is 0 Å². The third kappa shape index (κ3) is 5.82. The number of piperidine rings is 1. The lowest BCUT2D eigenvalue weighted by molar-refractivity contribution is 0.0477. The molecule has 0 spiro atoms. The number of aryl methyl sites for hydroxylation is 1. The van der Waals surface area contributed by atoms with Gasteiger partial charge < -0.3 is 15.2 Å². The minimum Gasteiger partial charge on any atom is -0.508 e. The molecule has 0 aliphatic carbocycles. The number of phenols is 1. The Morgan fingerprint density at radius 3 is 2.52 bits per heavy atom. The van der Waals surface area contributed by atoms with Crippen molar-refractivity contribution in [1.82, 2.24) is 15.2 Å². The summed E-state index contributed by atoms with van der Waals surface area (Å²) in [6.07, 6.45) is 5.04. The van der Waals surface area contributed by atoms with Gasteiger partial charge in [0.2, 0.25) is 0 Å². The van der Waals surface area contributed by atoms with Gasteiger partial charge in [0, 0.05) is 54.6 Å². The summed E-state index contributed by atoms with van der Waals surface area (Å²) in [6.45, 7) is 10.0. The number of pyridine rings is 1. The van der Waals surface area contributed by atoms with E-state index in [4.69, 9.17) is 4.74 Å². The fourth-order valence-electron chi connectivity index (χ4n) is 4.29. The van der Waals surface area contributed by atoms with Crippen LogP contribution in [0.2, 0.25) is 0 Å². The molecular weight excluding hydrogens is 414 g/mol. The van der Waals surface area contributed by atoms with E-state index in [1.807, 2.05) is 33.0 Å². The van der Waals surface area contributed by atoms with Gasteiger partial charge in [-0.3, -0.25) is 9.88 Å². The topological polar surface area (TPSA) is 74.7 Å². The first-order valence-electron chi connectivity index (χ1n) is 11.6. The summed E-state index contributed by atoms with van der Waals surface area (Å²) in [4.78, 5) is 18.8. The fourth-order valence-corrected chi connectivity index (χ4v) is 4.29. The largest absolute Gasteiger partial charge is 0.508 e. The van der Waals surface area contributed by atoms with Gasteiger partial charge in [-0.1, -0.05) is 29.8 Å². The van der Waals surface area contributed by atoms with Gasteiger partial charge in [0.25, 0.3) is 0 Å². The van der Waals surface area contributed by atoms with Crippen molar-refractivity contribution >= 4 is 16.9 Å². The van der Waals surface area contributed by atoms with Crippen molar-refractivity contribution < 1.29 is 14.6 Å². The van der Waals surface area contributed by atoms with E-state index < -0.39 is 5.60 Å². The van der Waals surface area contributed by atoms with E-state index >= 15 is 0 Å². The number of nitrogens with zero attached hydrogens (tertiary/aromatic N) is 2. The zero-order valence-corrected chi connectivity index (χ0v) is 19.9. The third-order valence-corrected chi connectivity index (χ3v) is 6.02. The molecule has 1 aliphatic heterocycles. The Morgan fingerprint density at radius 1 is 1.15 bits per heavy atom. The zero-order valence-electron chi connectivity index (χ0n) is 19.9. The fraction of sp³-hybridized carbons (Fsp3) is 0.407.